The van der Waals surface area contributed by atoms with Gasteiger partial charge in [0.05, 0.1) is 18.2 Å². The van der Waals surface area contributed by atoms with Crippen LogP contribution in [0.4, 0.5) is 5.69 Å². The van der Waals surface area contributed by atoms with Gasteiger partial charge in [-0.2, -0.15) is 4.31 Å². The van der Waals surface area contributed by atoms with Gasteiger partial charge in [0.2, 0.25) is 10.0 Å². The number of halogens is 2. The Bertz CT molecular complexity index is 963. The van der Waals surface area contributed by atoms with Crippen molar-refractivity contribution in [2.45, 2.75) is 11.8 Å². The predicted molar refractivity (Wildman–Crippen MR) is 102 cm³/mol. The first kappa shape index (κ1) is 19.0. The highest BCUT2D eigenvalue weighted by Crippen LogP contribution is 2.37. The molecule has 0 saturated carbocycles. The van der Waals surface area contributed by atoms with Crippen molar-refractivity contribution >= 4 is 38.9 Å². The summed E-state index contributed by atoms with van der Waals surface area (Å²) < 4.78 is 32.6. The van der Waals surface area contributed by atoms with Crippen molar-refractivity contribution < 1.29 is 13.2 Å². The fourth-order valence-electron chi connectivity index (χ4n) is 2.76. The SMILES string of the molecule is [C-]#[N+]c1ccc(OCC2(C)CN(S(=O)(=O)c3ccc(Cl)cc3Cl)C2)cc1. The van der Waals surface area contributed by atoms with E-state index in [9.17, 15) is 8.42 Å². The molecule has 1 aliphatic heterocycles. The minimum Gasteiger partial charge on any atom is -0.493 e. The average molecular weight is 411 g/mol. The van der Waals surface area contributed by atoms with Crippen molar-refractivity contribution in [3.63, 3.8) is 0 Å². The first-order valence-electron chi connectivity index (χ1n) is 7.79. The summed E-state index contributed by atoms with van der Waals surface area (Å²) in [5.74, 6) is 0.653. The van der Waals surface area contributed by atoms with Gasteiger partial charge in [0.15, 0.2) is 5.69 Å². The van der Waals surface area contributed by atoms with Gasteiger partial charge in [-0.25, -0.2) is 13.3 Å². The van der Waals surface area contributed by atoms with Gasteiger partial charge in [-0.05, 0) is 30.3 Å². The fraction of sp³-hybridized carbons (Fsp3) is 0.278. The van der Waals surface area contributed by atoms with Crippen LogP contribution in [-0.4, -0.2) is 32.4 Å². The topological polar surface area (TPSA) is 51.0 Å². The van der Waals surface area contributed by atoms with Crippen molar-refractivity contribution in [2.75, 3.05) is 19.7 Å². The molecular formula is C18H16Cl2N2O3S. The zero-order chi connectivity index (χ0) is 18.9. The van der Waals surface area contributed by atoms with Crippen molar-refractivity contribution in [2.24, 2.45) is 5.41 Å². The second kappa shape index (κ2) is 7.09. The summed E-state index contributed by atoms with van der Waals surface area (Å²) in [5.41, 5.74) is 0.258. The molecule has 0 bridgehead atoms. The summed E-state index contributed by atoms with van der Waals surface area (Å²) in [4.78, 5) is 3.38. The summed E-state index contributed by atoms with van der Waals surface area (Å²) in [7, 11) is -3.66. The number of rotatable bonds is 5. The molecule has 1 saturated heterocycles. The van der Waals surface area contributed by atoms with Crippen LogP contribution in [0.5, 0.6) is 5.75 Å². The normalized spacial score (nSPS) is 16.5. The molecule has 0 unspecified atom stereocenters. The Morgan fingerprint density at radius 3 is 2.42 bits per heavy atom. The molecule has 136 valence electrons. The van der Waals surface area contributed by atoms with E-state index in [1.807, 2.05) is 6.92 Å². The van der Waals surface area contributed by atoms with Crippen LogP contribution in [0.1, 0.15) is 6.92 Å². The van der Waals surface area contributed by atoms with Gasteiger partial charge in [-0.3, -0.25) is 0 Å². The maximum Gasteiger partial charge on any atom is 0.244 e. The molecule has 3 rings (SSSR count). The van der Waals surface area contributed by atoms with E-state index in [4.69, 9.17) is 34.5 Å². The molecule has 8 heteroatoms. The molecule has 0 aliphatic carbocycles. The highest BCUT2D eigenvalue weighted by atomic mass is 35.5. The maximum absolute atomic E-state index is 12.7. The number of hydrogen-bond acceptors (Lipinski definition) is 3. The number of benzene rings is 2. The monoisotopic (exact) mass is 410 g/mol. The van der Waals surface area contributed by atoms with Crippen LogP contribution >= 0.6 is 23.2 Å². The smallest absolute Gasteiger partial charge is 0.244 e. The first-order chi connectivity index (χ1) is 12.2. The molecule has 0 N–H and O–H groups in total. The third-order valence-corrected chi connectivity index (χ3v) is 6.69. The second-order valence-corrected chi connectivity index (χ2v) is 9.30. The van der Waals surface area contributed by atoms with Crippen LogP contribution in [0.2, 0.25) is 10.0 Å². The molecule has 0 amide bonds. The molecule has 0 atom stereocenters. The van der Waals surface area contributed by atoms with Crippen LogP contribution in [0.15, 0.2) is 47.4 Å². The first-order valence-corrected chi connectivity index (χ1v) is 9.99. The van der Waals surface area contributed by atoms with Crippen molar-refractivity contribution in [3.8, 4) is 5.75 Å². The summed E-state index contributed by atoms with van der Waals surface area (Å²) >= 11 is 11.9. The molecule has 5 nitrogen and oxygen atoms in total. The molecule has 0 aromatic heterocycles. The molecule has 1 heterocycles. The Hall–Kier alpha value is -1.78. The lowest BCUT2D eigenvalue weighted by atomic mass is 9.85. The lowest BCUT2D eigenvalue weighted by Gasteiger charge is -2.46. The van der Waals surface area contributed by atoms with Crippen molar-refractivity contribution in [1.82, 2.24) is 4.31 Å². The third kappa shape index (κ3) is 3.81. The lowest BCUT2D eigenvalue weighted by Crippen LogP contribution is -2.59. The number of sulfonamides is 1. The maximum atomic E-state index is 12.7. The molecule has 0 radical (unpaired) electrons. The number of nitrogens with zero attached hydrogens (tertiary/aromatic N) is 2. The zero-order valence-corrected chi connectivity index (χ0v) is 16.3. The highest BCUT2D eigenvalue weighted by Gasteiger charge is 2.46. The van der Waals surface area contributed by atoms with Crippen LogP contribution < -0.4 is 4.74 Å². The van der Waals surface area contributed by atoms with Crippen LogP contribution in [0, 0.1) is 12.0 Å². The van der Waals surface area contributed by atoms with Crippen LogP contribution in [0.3, 0.4) is 0 Å². The van der Waals surface area contributed by atoms with E-state index in [1.165, 1.54) is 22.5 Å². The van der Waals surface area contributed by atoms with Crippen LogP contribution in [-0.2, 0) is 10.0 Å². The van der Waals surface area contributed by atoms with Gasteiger partial charge in [-0.15, -0.1) is 0 Å². The van der Waals surface area contributed by atoms with E-state index < -0.39 is 10.0 Å². The van der Waals surface area contributed by atoms with E-state index in [-0.39, 0.29) is 15.3 Å². The van der Waals surface area contributed by atoms with E-state index >= 15 is 0 Å². The Morgan fingerprint density at radius 2 is 1.85 bits per heavy atom. The quantitative estimate of drug-likeness (QED) is 0.674. The summed E-state index contributed by atoms with van der Waals surface area (Å²) in [6.07, 6.45) is 0. The van der Waals surface area contributed by atoms with Crippen molar-refractivity contribution in [1.29, 1.82) is 0 Å². The molecule has 0 spiro atoms. The van der Waals surface area contributed by atoms with E-state index in [0.29, 0.717) is 36.2 Å². The zero-order valence-electron chi connectivity index (χ0n) is 13.9. The predicted octanol–water partition coefficient (Wildman–Crippen LogP) is 4.63. The Morgan fingerprint density at radius 1 is 1.19 bits per heavy atom. The summed E-state index contributed by atoms with van der Waals surface area (Å²) in [6, 6.07) is 11.2. The number of hydrogen-bond donors (Lipinski definition) is 0. The molecule has 1 fully saturated rings. The van der Waals surface area contributed by atoms with Gasteiger partial charge in [-0.1, -0.05) is 42.3 Å². The minimum atomic E-state index is -3.66. The molecule has 26 heavy (non-hydrogen) atoms. The minimum absolute atomic E-state index is 0.0567. The molecular weight excluding hydrogens is 395 g/mol. The second-order valence-electron chi connectivity index (χ2n) is 6.55. The molecule has 2 aromatic rings. The van der Waals surface area contributed by atoms with Gasteiger partial charge in [0.25, 0.3) is 0 Å². The van der Waals surface area contributed by atoms with Gasteiger partial charge >= 0.3 is 0 Å². The van der Waals surface area contributed by atoms with Crippen molar-refractivity contribution in [3.05, 3.63) is 63.9 Å². The van der Waals surface area contributed by atoms with E-state index in [0.717, 1.165) is 0 Å². The summed E-state index contributed by atoms with van der Waals surface area (Å²) in [5, 5.41) is 0.502. The third-order valence-electron chi connectivity index (χ3n) is 4.18. The molecule has 2 aromatic carbocycles. The Balaban J connectivity index is 1.63. The Labute approximate surface area is 163 Å². The van der Waals surface area contributed by atoms with E-state index in [1.54, 1.807) is 24.3 Å². The largest absolute Gasteiger partial charge is 0.493 e. The fourth-order valence-corrected chi connectivity index (χ4v) is 5.25. The van der Waals surface area contributed by atoms with E-state index in [2.05, 4.69) is 4.85 Å². The molecule has 1 aliphatic rings. The van der Waals surface area contributed by atoms with Gasteiger partial charge in [0, 0.05) is 23.5 Å². The van der Waals surface area contributed by atoms with Gasteiger partial charge < -0.3 is 4.74 Å². The van der Waals surface area contributed by atoms with Gasteiger partial charge in [0.1, 0.15) is 10.6 Å². The van der Waals surface area contributed by atoms with Crippen LogP contribution in [0.25, 0.3) is 4.85 Å². The Kier molecular flexibility index (Phi) is 5.18. The number of ether oxygens (including phenoxy) is 1. The average Bonchev–Trinajstić information content (AvgIpc) is 2.57. The lowest BCUT2D eigenvalue weighted by molar-refractivity contribution is 0.0360. The summed E-state index contributed by atoms with van der Waals surface area (Å²) in [6.45, 7) is 9.97. The standard InChI is InChI=1S/C18H16Cl2N2O3S/c1-18(12-25-15-6-4-14(21-2)5-7-15)10-22(11-18)26(23,24)17-8-3-13(19)9-16(17)20/h3-9H,10-12H2,1H3. The highest BCUT2D eigenvalue weighted by molar-refractivity contribution is 7.89.